The Bertz CT molecular complexity index is 1750. The highest BCUT2D eigenvalue weighted by atomic mass is 16.5. The van der Waals surface area contributed by atoms with Crippen LogP contribution in [0.2, 0.25) is 0 Å². The highest BCUT2D eigenvalue weighted by Gasteiger charge is 2.18. The summed E-state index contributed by atoms with van der Waals surface area (Å²) in [6, 6.07) is 24.5. The Balaban J connectivity index is 1.47. The number of carbonyl (C=O) groups excluding carboxylic acids is 1. The van der Waals surface area contributed by atoms with Gasteiger partial charge in [0.1, 0.15) is 5.82 Å². The summed E-state index contributed by atoms with van der Waals surface area (Å²) in [6.45, 7) is 3.84. The molecule has 0 amide bonds. The van der Waals surface area contributed by atoms with Crippen molar-refractivity contribution in [2.24, 2.45) is 0 Å². The van der Waals surface area contributed by atoms with E-state index >= 15 is 0 Å². The van der Waals surface area contributed by atoms with Crippen molar-refractivity contribution in [3.8, 4) is 22.5 Å². The zero-order valence-electron chi connectivity index (χ0n) is 22.5. The first-order valence-corrected chi connectivity index (χ1v) is 13.4. The van der Waals surface area contributed by atoms with Gasteiger partial charge in [0.05, 0.1) is 12.2 Å². The van der Waals surface area contributed by atoms with Crippen LogP contribution >= 0.6 is 0 Å². The van der Waals surface area contributed by atoms with E-state index in [0.29, 0.717) is 35.6 Å². The first kappa shape index (κ1) is 26.7. The molecule has 5 rings (SSSR count). The van der Waals surface area contributed by atoms with Gasteiger partial charge in [-0.25, -0.2) is 9.78 Å². The monoisotopic (exact) mass is 534 g/mol. The van der Waals surface area contributed by atoms with E-state index in [1.165, 1.54) is 4.57 Å². The molecule has 0 fully saturated rings. The molecule has 0 unspecified atom stereocenters. The Hall–Kier alpha value is -4.85. The molecule has 0 aliphatic heterocycles. The van der Waals surface area contributed by atoms with Crippen LogP contribution in [-0.4, -0.2) is 25.5 Å². The van der Waals surface area contributed by atoms with Gasteiger partial charge in [-0.05, 0) is 36.5 Å². The first-order valence-electron chi connectivity index (χ1n) is 13.4. The fourth-order valence-electron chi connectivity index (χ4n) is 4.82. The van der Waals surface area contributed by atoms with E-state index in [2.05, 4.69) is 17.1 Å². The maximum atomic E-state index is 13.8. The zero-order chi connectivity index (χ0) is 28.1. The van der Waals surface area contributed by atoms with Gasteiger partial charge in [0.25, 0.3) is 5.56 Å². The Morgan fingerprint density at radius 1 is 0.925 bits per heavy atom. The maximum Gasteiger partial charge on any atom is 0.439 e. The SMILES string of the molecule is CCCCc1nc(C)n(CC(=O)c2ccccc2)c(=O)c1Cc1ccc(-c2ccccc2-c2noc(=O)[nH]2)cc1. The van der Waals surface area contributed by atoms with Crippen molar-refractivity contribution in [3.63, 3.8) is 0 Å². The molecule has 0 aliphatic carbocycles. The molecule has 3 aromatic carbocycles. The number of nitrogens with one attached hydrogen (secondary N) is 1. The number of ketones is 1. The smallest absolute Gasteiger partial charge is 0.296 e. The number of H-pyrrole nitrogens is 1. The highest BCUT2D eigenvalue weighted by Crippen LogP contribution is 2.30. The molecule has 40 heavy (non-hydrogen) atoms. The molecule has 2 heterocycles. The van der Waals surface area contributed by atoms with Gasteiger partial charge in [0.15, 0.2) is 11.6 Å². The number of aromatic nitrogens is 4. The number of aromatic amines is 1. The number of unbranched alkanes of at least 4 members (excludes halogenated alkanes) is 1. The summed E-state index contributed by atoms with van der Waals surface area (Å²) in [6.07, 6.45) is 3.02. The second kappa shape index (κ2) is 11.9. The van der Waals surface area contributed by atoms with Gasteiger partial charge in [-0.2, -0.15) is 0 Å². The second-order valence-electron chi connectivity index (χ2n) is 9.73. The van der Waals surface area contributed by atoms with Gasteiger partial charge >= 0.3 is 5.76 Å². The standard InChI is InChI=1S/C32H30N4O4/c1-3-4-14-28-27(31(38)36(21(2)33-28)20-29(37)24-10-6-5-7-11-24)19-22-15-17-23(18-16-22)25-12-8-9-13-26(25)30-34-32(39)40-35-30/h5-13,15-18H,3-4,14,19-20H2,1-2H3,(H,34,35,39). The Morgan fingerprint density at radius 3 is 2.30 bits per heavy atom. The average Bonchev–Trinajstić information content (AvgIpc) is 3.42. The summed E-state index contributed by atoms with van der Waals surface area (Å²) in [7, 11) is 0. The van der Waals surface area contributed by atoms with Crippen LogP contribution in [0.5, 0.6) is 0 Å². The normalized spacial score (nSPS) is 11.1. The fraction of sp³-hybridized carbons (Fsp3) is 0.219. The first-order chi connectivity index (χ1) is 19.4. The number of hydrogen-bond acceptors (Lipinski definition) is 6. The predicted octanol–water partition coefficient (Wildman–Crippen LogP) is 5.38. The fourth-order valence-corrected chi connectivity index (χ4v) is 4.82. The van der Waals surface area contributed by atoms with Gasteiger partial charge in [0.2, 0.25) is 0 Å². The third-order valence-corrected chi connectivity index (χ3v) is 6.97. The van der Waals surface area contributed by atoms with Crippen molar-refractivity contribution in [2.75, 3.05) is 0 Å². The number of benzene rings is 3. The minimum Gasteiger partial charge on any atom is -0.296 e. The van der Waals surface area contributed by atoms with Crippen molar-refractivity contribution in [1.29, 1.82) is 0 Å². The van der Waals surface area contributed by atoms with Gasteiger partial charge in [-0.15, -0.1) is 0 Å². The minimum atomic E-state index is -0.609. The summed E-state index contributed by atoms with van der Waals surface area (Å²) in [5.41, 5.74) is 5.33. The molecule has 1 N–H and O–H groups in total. The quantitative estimate of drug-likeness (QED) is 0.241. The maximum absolute atomic E-state index is 13.8. The summed E-state index contributed by atoms with van der Waals surface area (Å²) in [5.74, 6) is 0.168. The molecular weight excluding hydrogens is 504 g/mol. The van der Waals surface area contributed by atoms with E-state index < -0.39 is 5.76 Å². The third kappa shape index (κ3) is 5.76. The molecule has 8 nitrogen and oxygen atoms in total. The van der Waals surface area contributed by atoms with Crippen LogP contribution < -0.4 is 11.3 Å². The van der Waals surface area contributed by atoms with Crippen LogP contribution in [-0.2, 0) is 19.4 Å². The number of hydrogen-bond donors (Lipinski definition) is 1. The lowest BCUT2D eigenvalue weighted by atomic mass is 9.96. The van der Waals surface area contributed by atoms with Gasteiger partial charge in [0, 0.05) is 23.1 Å². The molecule has 0 spiro atoms. The van der Waals surface area contributed by atoms with E-state index in [9.17, 15) is 14.4 Å². The lowest BCUT2D eigenvalue weighted by Gasteiger charge is -2.15. The summed E-state index contributed by atoms with van der Waals surface area (Å²) < 4.78 is 6.18. The van der Waals surface area contributed by atoms with E-state index in [4.69, 9.17) is 9.51 Å². The molecule has 0 saturated carbocycles. The minimum absolute atomic E-state index is 0.0530. The van der Waals surface area contributed by atoms with Crippen molar-refractivity contribution in [3.05, 3.63) is 128 Å². The van der Waals surface area contributed by atoms with Crippen LogP contribution in [0.15, 0.2) is 93.0 Å². The molecule has 0 atom stereocenters. The van der Waals surface area contributed by atoms with E-state index in [-0.39, 0.29) is 17.9 Å². The van der Waals surface area contributed by atoms with E-state index in [1.807, 2.05) is 66.7 Å². The average molecular weight is 535 g/mol. The van der Waals surface area contributed by atoms with Crippen LogP contribution in [0.1, 0.15) is 52.8 Å². The van der Waals surface area contributed by atoms with Crippen molar-refractivity contribution in [2.45, 2.75) is 46.1 Å². The van der Waals surface area contributed by atoms with Crippen LogP contribution in [0.25, 0.3) is 22.5 Å². The topological polar surface area (TPSA) is 111 Å². The molecule has 8 heteroatoms. The lowest BCUT2D eigenvalue weighted by Crippen LogP contribution is -2.32. The van der Waals surface area contributed by atoms with Crippen molar-refractivity contribution < 1.29 is 9.32 Å². The highest BCUT2D eigenvalue weighted by molar-refractivity contribution is 5.95. The van der Waals surface area contributed by atoms with Gasteiger partial charge in [-0.3, -0.25) is 23.7 Å². The Kier molecular flexibility index (Phi) is 7.96. The predicted molar refractivity (Wildman–Crippen MR) is 153 cm³/mol. The largest absolute Gasteiger partial charge is 0.439 e. The summed E-state index contributed by atoms with van der Waals surface area (Å²) in [4.78, 5) is 45.6. The van der Waals surface area contributed by atoms with E-state index in [0.717, 1.165) is 40.8 Å². The zero-order valence-corrected chi connectivity index (χ0v) is 22.5. The molecule has 202 valence electrons. The van der Waals surface area contributed by atoms with Crippen LogP contribution in [0.4, 0.5) is 0 Å². The molecule has 2 aromatic heterocycles. The molecule has 0 bridgehead atoms. The van der Waals surface area contributed by atoms with Crippen LogP contribution in [0, 0.1) is 6.92 Å². The Labute approximate surface area is 231 Å². The molecule has 0 saturated heterocycles. The second-order valence-corrected chi connectivity index (χ2v) is 9.73. The third-order valence-electron chi connectivity index (χ3n) is 6.97. The molecular formula is C32H30N4O4. The van der Waals surface area contributed by atoms with Crippen molar-refractivity contribution in [1.82, 2.24) is 19.7 Å². The Morgan fingerprint density at radius 2 is 1.62 bits per heavy atom. The molecule has 0 radical (unpaired) electrons. The number of aryl methyl sites for hydroxylation is 2. The number of rotatable bonds is 10. The molecule has 5 aromatic rings. The number of Topliss-reactive ketones (excluding diaryl/α,β-unsaturated/α-hetero) is 1. The number of carbonyl (C=O) groups is 1. The number of nitrogens with zero attached hydrogens (tertiary/aromatic N) is 3. The lowest BCUT2D eigenvalue weighted by molar-refractivity contribution is 0.0969. The summed E-state index contributed by atoms with van der Waals surface area (Å²) >= 11 is 0. The summed E-state index contributed by atoms with van der Waals surface area (Å²) in [5, 5.41) is 3.83. The van der Waals surface area contributed by atoms with Crippen molar-refractivity contribution >= 4 is 5.78 Å². The van der Waals surface area contributed by atoms with Crippen LogP contribution in [0.3, 0.4) is 0 Å². The molecule has 0 aliphatic rings. The van der Waals surface area contributed by atoms with Gasteiger partial charge < -0.3 is 0 Å². The van der Waals surface area contributed by atoms with E-state index in [1.54, 1.807) is 19.1 Å². The van der Waals surface area contributed by atoms with Gasteiger partial charge in [-0.1, -0.05) is 97.4 Å².